The molecule has 0 aliphatic carbocycles. The van der Waals surface area contributed by atoms with E-state index in [0.717, 1.165) is 25.9 Å². The Morgan fingerprint density at radius 1 is 1.50 bits per heavy atom. The van der Waals surface area contributed by atoms with Crippen molar-refractivity contribution in [3.05, 3.63) is 0 Å². The highest BCUT2D eigenvalue weighted by atomic mass is 16.5. The van der Waals surface area contributed by atoms with Crippen LogP contribution in [0.3, 0.4) is 0 Å². The second kappa shape index (κ2) is 5.32. The first kappa shape index (κ1) is 11.5. The number of carbonyl (C=O) groups is 1. The second-order valence-corrected chi connectivity index (χ2v) is 3.93. The number of methoxy groups -OCH3 is 1. The lowest BCUT2D eigenvalue weighted by Gasteiger charge is -2.32. The minimum absolute atomic E-state index is 0.131. The van der Waals surface area contributed by atoms with Gasteiger partial charge in [-0.25, -0.2) is 0 Å². The van der Waals surface area contributed by atoms with Crippen molar-refractivity contribution in [1.82, 2.24) is 10.2 Å². The molecule has 1 fully saturated rings. The van der Waals surface area contributed by atoms with Gasteiger partial charge in [-0.3, -0.25) is 4.79 Å². The Kier molecular flexibility index (Phi) is 4.35. The van der Waals surface area contributed by atoms with E-state index in [1.807, 2.05) is 7.05 Å². The van der Waals surface area contributed by atoms with Crippen LogP contribution in [0.25, 0.3) is 0 Å². The minimum atomic E-state index is -0.137. The zero-order valence-electron chi connectivity index (χ0n) is 9.25. The summed E-state index contributed by atoms with van der Waals surface area (Å²) in [6.07, 6.45) is 2.13. The van der Waals surface area contributed by atoms with Crippen LogP contribution in [-0.2, 0) is 9.53 Å². The maximum absolute atomic E-state index is 11.4. The number of esters is 1. The number of piperidine rings is 1. The van der Waals surface area contributed by atoms with Crippen LogP contribution in [0.15, 0.2) is 0 Å². The Labute approximate surface area is 85.6 Å². The van der Waals surface area contributed by atoms with E-state index in [9.17, 15) is 4.79 Å². The van der Waals surface area contributed by atoms with E-state index in [2.05, 4.69) is 17.3 Å². The molecule has 0 saturated carbocycles. The molecule has 0 bridgehead atoms. The third kappa shape index (κ3) is 2.69. The average molecular weight is 200 g/mol. The van der Waals surface area contributed by atoms with Gasteiger partial charge in [-0.05, 0) is 45.9 Å². The molecule has 1 N–H and O–H groups in total. The van der Waals surface area contributed by atoms with E-state index in [4.69, 9.17) is 4.74 Å². The number of likely N-dealkylation sites (N-methyl/N-ethyl adjacent to an activating group) is 1. The number of ether oxygens (including phenoxy) is 1. The van der Waals surface area contributed by atoms with Crippen molar-refractivity contribution >= 4 is 5.97 Å². The van der Waals surface area contributed by atoms with Gasteiger partial charge in [-0.15, -0.1) is 0 Å². The number of likely N-dealkylation sites (tertiary alicyclic amines) is 1. The van der Waals surface area contributed by atoms with Crippen LogP contribution in [0.5, 0.6) is 0 Å². The Morgan fingerprint density at radius 2 is 2.07 bits per heavy atom. The summed E-state index contributed by atoms with van der Waals surface area (Å²) < 4.78 is 4.77. The number of nitrogens with one attached hydrogen (secondary N) is 1. The lowest BCUT2D eigenvalue weighted by molar-refractivity contribution is -0.145. The third-order valence-electron chi connectivity index (χ3n) is 3.00. The minimum Gasteiger partial charge on any atom is -0.468 e. The van der Waals surface area contributed by atoms with Gasteiger partial charge in [-0.2, -0.15) is 0 Å². The summed E-state index contributed by atoms with van der Waals surface area (Å²) in [5, 5.41) is 3.04. The summed E-state index contributed by atoms with van der Waals surface area (Å²) in [5.74, 6) is 0.283. The molecular weight excluding hydrogens is 180 g/mol. The molecule has 4 nitrogen and oxygen atoms in total. The summed E-state index contributed by atoms with van der Waals surface area (Å²) in [6.45, 7) is 2.14. The molecule has 14 heavy (non-hydrogen) atoms. The predicted octanol–water partition coefficient (Wildman–Crippen LogP) is 0.0892. The summed E-state index contributed by atoms with van der Waals surface area (Å²) in [7, 11) is 5.38. The number of nitrogens with zero attached hydrogens (tertiary/aromatic N) is 1. The zero-order valence-corrected chi connectivity index (χ0v) is 9.25. The molecule has 0 amide bonds. The Balaban J connectivity index is 2.48. The smallest absolute Gasteiger partial charge is 0.323 e. The van der Waals surface area contributed by atoms with E-state index in [1.165, 1.54) is 7.11 Å². The molecule has 1 rings (SSSR count). The quantitative estimate of drug-likeness (QED) is 0.656. The van der Waals surface area contributed by atoms with Gasteiger partial charge in [0.2, 0.25) is 0 Å². The fourth-order valence-electron chi connectivity index (χ4n) is 2.03. The van der Waals surface area contributed by atoms with Gasteiger partial charge in [0.05, 0.1) is 7.11 Å². The predicted molar refractivity (Wildman–Crippen MR) is 55.1 cm³/mol. The fraction of sp³-hybridized carbons (Fsp3) is 0.900. The van der Waals surface area contributed by atoms with Crippen LogP contribution in [0.1, 0.15) is 12.8 Å². The molecular formula is C10H20N2O2. The van der Waals surface area contributed by atoms with E-state index < -0.39 is 0 Å². The van der Waals surface area contributed by atoms with Gasteiger partial charge in [0.1, 0.15) is 6.04 Å². The molecule has 1 unspecified atom stereocenters. The highest BCUT2D eigenvalue weighted by Crippen LogP contribution is 2.20. The van der Waals surface area contributed by atoms with Crippen LogP contribution in [0.2, 0.25) is 0 Å². The van der Waals surface area contributed by atoms with Crippen molar-refractivity contribution in [2.24, 2.45) is 5.92 Å². The first-order valence-corrected chi connectivity index (χ1v) is 5.12. The van der Waals surface area contributed by atoms with E-state index in [-0.39, 0.29) is 12.0 Å². The van der Waals surface area contributed by atoms with Gasteiger partial charge in [0.15, 0.2) is 0 Å². The monoisotopic (exact) mass is 200 g/mol. The summed E-state index contributed by atoms with van der Waals surface area (Å²) in [6, 6.07) is -0.131. The van der Waals surface area contributed by atoms with Gasteiger partial charge in [-0.1, -0.05) is 0 Å². The van der Waals surface area contributed by atoms with E-state index in [1.54, 1.807) is 0 Å². The van der Waals surface area contributed by atoms with Crippen molar-refractivity contribution < 1.29 is 9.53 Å². The van der Waals surface area contributed by atoms with Crippen molar-refractivity contribution in [1.29, 1.82) is 0 Å². The van der Waals surface area contributed by atoms with Crippen LogP contribution >= 0.6 is 0 Å². The molecule has 0 aromatic rings. The first-order chi connectivity index (χ1) is 6.69. The molecule has 0 aromatic carbocycles. The number of hydrogen-bond donors (Lipinski definition) is 1. The van der Waals surface area contributed by atoms with Gasteiger partial charge >= 0.3 is 5.97 Å². The maximum atomic E-state index is 11.4. The van der Waals surface area contributed by atoms with Crippen molar-refractivity contribution in [2.45, 2.75) is 18.9 Å². The largest absolute Gasteiger partial charge is 0.468 e. The van der Waals surface area contributed by atoms with Crippen LogP contribution < -0.4 is 5.32 Å². The highest BCUT2D eigenvalue weighted by molar-refractivity contribution is 5.76. The number of carbonyl (C=O) groups excluding carboxylic acids is 1. The molecule has 0 aromatic heterocycles. The molecule has 0 radical (unpaired) electrons. The molecule has 1 aliphatic rings. The number of hydrogen-bond acceptors (Lipinski definition) is 4. The number of rotatable bonds is 3. The third-order valence-corrected chi connectivity index (χ3v) is 3.00. The van der Waals surface area contributed by atoms with Gasteiger partial charge < -0.3 is 15.0 Å². The Hall–Kier alpha value is -0.610. The van der Waals surface area contributed by atoms with Crippen molar-refractivity contribution in [2.75, 3.05) is 34.3 Å². The maximum Gasteiger partial charge on any atom is 0.323 e. The van der Waals surface area contributed by atoms with E-state index in [0.29, 0.717) is 5.92 Å². The van der Waals surface area contributed by atoms with Gasteiger partial charge in [0, 0.05) is 0 Å². The standard InChI is InChI=1S/C10H20N2O2/c1-11-9(10(13)14-3)8-4-6-12(2)7-5-8/h8-9,11H,4-7H2,1-3H3. The summed E-state index contributed by atoms with van der Waals surface area (Å²) in [4.78, 5) is 13.7. The summed E-state index contributed by atoms with van der Waals surface area (Å²) in [5.41, 5.74) is 0. The fourth-order valence-corrected chi connectivity index (χ4v) is 2.03. The van der Waals surface area contributed by atoms with Gasteiger partial charge in [0.25, 0.3) is 0 Å². The zero-order chi connectivity index (χ0) is 10.6. The molecule has 1 aliphatic heterocycles. The molecule has 0 spiro atoms. The SMILES string of the molecule is CNC(C(=O)OC)C1CCN(C)CC1. The van der Waals surface area contributed by atoms with Crippen LogP contribution in [0.4, 0.5) is 0 Å². The lowest BCUT2D eigenvalue weighted by Crippen LogP contribution is -2.46. The Bertz CT molecular complexity index is 189. The van der Waals surface area contributed by atoms with Crippen molar-refractivity contribution in [3.8, 4) is 0 Å². The molecule has 1 atom stereocenters. The molecule has 1 saturated heterocycles. The lowest BCUT2D eigenvalue weighted by atomic mass is 9.89. The second-order valence-electron chi connectivity index (χ2n) is 3.93. The molecule has 82 valence electrons. The topological polar surface area (TPSA) is 41.6 Å². The van der Waals surface area contributed by atoms with E-state index >= 15 is 0 Å². The first-order valence-electron chi connectivity index (χ1n) is 5.12. The van der Waals surface area contributed by atoms with Crippen molar-refractivity contribution in [3.63, 3.8) is 0 Å². The van der Waals surface area contributed by atoms with Crippen LogP contribution in [-0.4, -0.2) is 51.2 Å². The summed E-state index contributed by atoms with van der Waals surface area (Å²) >= 11 is 0. The Morgan fingerprint density at radius 3 is 2.50 bits per heavy atom. The average Bonchev–Trinajstić information content (AvgIpc) is 2.21. The normalized spacial score (nSPS) is 21.9. The van der Waals surface area contributed by atoms with Crippen LogP contribution in [0, 0.1) is 5.92 Å². The molecule has 1 heterocycles. The highest BCUT2D eigenvalue weighted by Gasteiger charge is 2.29. The molecule has 4 heteroatoms.